The molecule has 0 aliphatic rings. The number of hydrogen-bond acceptors (Lipinski definition) is 4. The Morgan fingerprint density at radius 1 is 1.25 bits per heavy atom. The standard InChI is InChI=1S/C11H14N2O2S/c1-4-16(14,15)11-7-5-10(6-8-11)13-12-9(2)3/h4-9H,1H2,2-3H3. The number of hydrogen-bond donors (Lipinski definition) is 0. The van der Waals surface area contributed by atoms with Gasteiger partial charge in [0.25, 0.3) is 0 Å². The Labute approximate surface area is 95.6 Å². The molecule has 0 heterocycles. The summed E-state index contributed by atoms with van der Waals surface area (Å²) >= 11 is 0. The third-order valence-electron chi connectivity index (χ3n) is 1.79. The van der Waals surface area contributed by atoms with Crippen molar-refractivity contribution in [3.8, 4) is 0 Å². The summed E-state index contributed by atoms with van der Waals surface area (Å²) in [4.78, 5) is 0.214. The third-order valence-corrected chi connectivity index (χ3v) is 3.16. The Kier molecular flexibility index (Phi) is 3.95. The molecule has 86 valence electrons. The van der Waals surface area contributed by atoms with Crippen molar-refractivity contribution in [1.29, 1.82) is 0 Å². The van der Waals surface area contributed by atoms with E-state index in [4.69, 9.17) is 0 Å². The van der Waals surface area contributed by atoms with Crippen molar-refractivity contribution in [2.24, 2.45) is 10.2 Å². The highest BCUT2D eigenvalue weighted by Crippen LogP contribution is 2.18. The summed E-state index contributed by atoms with van der Waals surface area (Å²) in [6, 6.07) is 6.33. The van der Waals surface area contributed by atoms with E-state index in [-0.39, 0.29) is 10.9 Å². The molecule has 0 radical (unpaired) electrons. The van der Waals surface area contributed by atoms with Gasteiger partial charge >= 0.3 is 0 Å². The van der Waals surface area contributed by atoms with E-state index in [1.165, 1.54) is 12.1 Å². The van der Waals surface area contributed by atoms with Crippen LogP contribution in [0.2, 0.25) is 0 Å². The molecular weight excluding hydrogens is 224 g/mol. The minimum absolute atomic E-state index is 0.122. The molecule has 16 heavy (non-hydrogen) atoms. The number of azo groups is 1. The van der Waals surface area contributed by atoms with Crippen molar-refractivity contribution in [1.82, 2.24) is 0 Å². The predicted octanol–water partition coefficient (Wildman–Crippen LogP) is 3.10. The van der Waals surface area contributed by atoms with Gasteiger partial charge < -0.3 is 0 Å². The van der Waals surface area contributed by atoms with Crippen LogP contribution in [0.5, 0.6) is 0 Å². The summed E-state index contributed by atoms with van der Waals surface area (Å²) in [6.45, 7) is 7.09. The smallest absolute Gasteiger partial charge is 0.199 e. The monoisotopic (exact) mass is 238 g/mol. The first-order chi connectivity index (χ1) is 7.45. The number of nitrogens with zero attached hydrogens (tertiary/aromatic N) is 2. The van der Waals surface area contributed by atoms with E-state index >= 15 is 0 Å². The van der Waals surface area contributed by atoms with Crippen molar-refractivity contribution in [3.05, 3.63) is 36.3 Å². The number of benzene rings is 1. The number of rotatable bonds is 4. The van der Waals surface area contributed by atoms with Crippen LogP contribution in [0.25, 0.3) is 0 Å². The molecule has 0 aliphatic heterocycles. The van der Waals surface area contributed by atoms with E-state index in [1.807, 2.05) is 13.8 Å². The summed E-state index contributed by atoms with van der Waals surface area (Å²) in [7, 11) is -3.35. The summed E-state index contributed by atoms with van der Waals surface area (Å²) in [5, 5.41) is 8.85. The zero-order valence-corrected chi connectivity index (χ0v) is 10.1. The quantitative estimate of drug-likeness (QED) is 0.757. The molecule has 0 fully saturated rings. The van der Waals surface area contributed by atoms with Crippen LogP contribution < -0.4 is 0 Å². The minimum atomic E-state index is -3.35. The van der Waals surface area contributed by atoms with E-state index in [9.17, 15) is 8.42 Å². The van der Waals surface area contributed by atoms with Crippen LogP contribution in [0.15, 0.2) is 51.4 Å². The van der Waals surface area contributed by atoms with Crippen molar-refractivity contribution in [2.45, 2.75) is 24.8 Å². The lowest BCUT2D eigenvalue weighted by Gasteiger charge is -1.99. The predicted molar refractivity (Wildman–Crippen MR) is 63.5 cm³/mol. The van der Waals surface area contributed by atoms with Crippen molar-refractivity contribution >= 4 is 15.5 Å². The Balaban J connectivity index is 2.96. The molecule has 0 atom stereocenters. The molecule has 1 aromatic carbocycles. The molecule has 0 saturated carbocycles. The van der Waals surface area contributed by atoms with Gasteiger partial charge in [-0.25, -0.2) is 8.42 Å². The molecule has 0 spiro atoms. The van der Waals surface area contributed by atoms with Gasteiger partial charge in [-0.05, 0) is 38.1 Å². The average Bonchev–Trinajstić information content (AvgIpc) is 2.27. The number of sulfone groups is 1. The second kappa shape index (κ2) is 5.03. The Bertz CT molecular complexity index is 487. The van der Waals surface area contributed by atoms with Crippen molar-refractivity contribution in [2.75, 3.05) is 0 Å². The SMILES string of the molecule is C=CS(=O)(=O)c1ccc(N=NC(C)C)cc1. The molecule has 0 bridgehead atoms. The third kappa shape index (κ3) is 3.27. The molecule has 5 heteroatoms. The first-order valence-corrected chi connectivity index (χ1v) is 6.39. The fourth-order valence-electron chi connectivity index (χ4n) is 0.981. The first-order valence-electron chi connectivity index (χ1n) is 4.84. The van der Waals surface area contributed by atoms with Gasteiger partial charge in [-0.2, -0.15) is 10.2 Å². The van der Waals surface area contributed by atoms with Gasteiger partial charge in [-0.3, -0.25) is 0 Å². The van der Waals surface area contributed by atoms with Gasteiger partial charge in [0.2, 0.25) is 0 Å². The van der Waals surface area contributed by atoms with Gasteiger partial charge in [0.05, 0.1) is 16.6 Å². The van der Waals surface area contributed by atoms with Crippen LogP contribution in [-0.2, 0) is 9.84 Å². The fraction of sp³-hybridized carbons (Fsp3) is 0.273. The highest BCUT2D eigenvalue weighted by molar-refractivity contribution is 7.94. The van der Waals surface area contributed by atoms with Crippen molar-refractivity contribution < 1.29 is 8.42 Å². The molecule has 0 N–H and O–H groups in total. The Hall–Kier alpha value is -1.49. The average molecular weight is 238 g/mol. The van der Waals surface area contributed by atoms with Crippen LogP contribution in [0.4, 0.5) is 5.69 Å². The van der Waals surface area contributed by atoms with Gasteiger partial charge in [-0.15, -0.1) is 0 Å². The van der Waals surface area contributed by atoms with Gasteiger partial charge in [0.1, 0.15) is 0 Å². The summed E-state index contributed by atoms with van der Waals surface area (Å²) < 4.78 is 22.8. The van der Waals surface area contributed by atoms with E-state index in [0.29, 0.717) is 5.69 Å². The zero-order chi connectivity index (χ0) is 12.2. The normalized spacial score (nSPS) is 12.2. The van der Waals surface area contributed by atoms with E-state index < -0.39 is 9.84 Å². The lowest BCUT2D eigenvalue weighted by molar-refractivity contribution is 0.604. The maximum Gasteiger partial charge on any atom is 0.199 e. The second-order valence-electron chi connectivity index (χ2n) is 3.51. The Morgan fingerprint density at radius 3 is 2.25 bits per heavy atom. The Morgan fingerprint density at radius 2 is 1.81 bits per heavy atom. The molecule has 0 aliphatic carbocycles. The fourth-order valence-corrected chi connectivity index (χ4v) is 1.69. The minimum Gasteiger partial charge on any atom is -0.219 e. The maximum absolute atomic E-state index is 11.4. The van der Waals surface area contributed by atoms with Crippen LogP contribution in [0.1, 0.15) is 13.8 Å². The summed E-state index contributed by atoms with van der Waals surface area (Å²) in [6.07, 6.45) is 0. The van der Waals surface area contributed by atoms with E-state index in [0.717, 1.165) is 5.41 Å². The highest BCUT2D eigenvalue weighted by Gasteiger charge is 2.08. The molecule has 0 amide bonds. The van der Waals surface area contributed by atoms with Gasteiger partial charge in [0, 0.05) is 5.41 Å². The topological polar surface area (TPSA) is 58.9 Å². The van der Waals surface area contributed by atoms with E-state index in [1.54, 1.807) is 12.1 Å². The van der Waals surface area contributed by atoms with Gasteiger partial charge in [0.15, 0.2) is 9.84 Å². The highest BCUT2D eigenvalue weighted by atomic mass is 32.2. The summed E-state index contributed by atoms with van der Waals surface area (Å²) in [5.41, 5.74) is 0.636. The molecule has 0 aromatic heterocycles. The van der Waals surface area contributed by atoms with Crippen LogP contribution in [0, 0.1) is 0 Å². The lowest BCUT2D eigenvalue weighted by atomic mass is 10.3. The van der Waals surface area contributed by atoms with Crippen LogP contribution in [0.3, 0.4) is 0 Å². The first kappa shape index (κ1) is 12.6. The molecular formula is C11H14N2O2S. The molecule has 0 unspecified atom stereocenters. The van der Waals surface area contributed by atoms with E-state index in [2.05, 4.69) is 16.8 Å². The molecule has 1 aromatic rings. The van der Waals surface area contributed by atoms with Crippen LogP contribution >= 0.6 is 0 Å². The molecule has 0 saturated heterocycles. The molecule has 1 rings (SSSR count). The largest absolute Gasteiger partial charge is 0.219 e. The maximum atomic E-state index is 11.4. The summed E-state index contributed by atoms with van der Waals surface area (Å²) in [5.74, 6) is 0. The lowest BCUT2D eigenvalue weighted by Crippen LogP contribution is -1.94. The zero-order valence-electron chi connectivity index (χ0n) is 9.29. The second-order valence-corrected chi connectivity index (χ2v) is 5.41. The molecule has 4 nitrogen and oxygen atoms in total. The van der Waals surface area contributed by atoms with Gasteiger partial charge in [-0.1, -0.05) is 6.58 Å². The van der Waals surface area contributed by atoms with Crippen molar-refractivity contribution in [3.63, 3.8) is 0 Å². The van der Waals surface area contributed by atoms with Crippen LogP contribution in [-0.4, -0.2) is 14.5 Å².